The molecule has 54 valence electrons. The third-order valence-electron chi connectivity index (χ3n) is 2.01. The number of halogens is 1. The van der Waals surface area contributed by atoms with E-state index in [1.165, 1.54) is 0 Å². The minimum absolute atomic E-state index is 0.220. The highest BCUT2D eigenvalue weighted by atomic mass is 19.1. The molecule has 1 fully saturated rings. The van der Waals surface area contributed by atoms with Crippen LogP contribution in [-0.4, -0.2) is 17.9 Å². The molecule has 1 nitrogen and oxygen atoms in total. The SMILES string of the molecule is OCC[C@H]1CC[C@@H](F)C1. The largest absolute Gasteiger partial charge is 0.396 e. The number of alkyl halides is 1. The summed E-state index contributed by atoms with van der Waals surface area (Å²) in [6, 6.07) is 0. The molecule has 0 aromatic heterocycles. The van der Waals surface area contributed by atoms with Crippen molar-refractivity contribution in [2.45, 2.75) is 31.9 Å². The zero-order valence-corrected chi connectivity index (χ0v) is 5.52. The Balaban J connectivity index is 2.14. The van der Waals surface area contributed by atoms with Crippen molar-refractivity contribution in [3.8, 4) is 0 Å². The fourth-order valence-electron chi connectivity index (χ4n) is 1.46. The molecule has 0 radical (unpaired) electrons. The molecule has 0 spiro atoms. The zero-order valence-electron chi connectivity index (χ0n) is 5.52. The minimum atomic E-state index is -0.582. The maximum absolute atomic E-state index is 12.4. The first-order valence-corrected chi connectivity index (χ1v) is 3.58. The minimum Gasteiger partial charge on any atom is -0.396 e. The van der Waals surface area contributed by atoms with Crippen LogP contribution in [0.15, 0.2) is 0 Å². The van der Waals surface area contributed by atoms with Crippen molar-refractivity contribution in [1.29, 1.82) is 0 Å². The first-order chi connectivity index (χ1) is 4.33. The summed E-state index contributed by atoms with van der Waals surface area (Å²) < 4.78 is 12.4. The molecule has 1 saturated carbocycles. The van der Waals surface area contributed by atoms with Crippen LogP contribution in [-0.2, 0) is 0 Å². The summed E-state index contributed by atoms with van der Waals surface area (Å²) in [4.78, 5) is 0. The average molecular weight is 132 g/mol. The Morgan fingerprint density at radius 2 is 2.22 bits per heavy atom. The van der Waals surface area contributed by atoms with E-state index < -0.39 is 6.17 Å². The van der Waals surface area contributed by atoms with Crippen LogP contribution < -0.4 is 0 Å². The van der Waals surface area contributed by atoms with Gasteiger partial charge in [0.2, 0.25) is 0 Å². The summed E-state index contributed by atoms with van der Waals surface area (Å²) in [5, 5.41) is 8.49. The van der Waals surface area contributed by atoms with E-state index in [0.29, 0.717) is 18.8 Å². The molecule has 1 N–H and O–H groups in total. The lowest BCUT2D eigenvalue weighted by molar-refractivity contribution is 0.251. The number of rotatable bonds is 2. The average Bonchev–Trinajstić information content (AvgIpc) is 2.17. The Kier molecular flexibility index (Phi) is 2.46. The first kappa shape index (κ1) is 7.00. The van der Waals surface area contributed by atoms with Crippen LogP contribution in [0, 0.1) is 5.92 Å². The topological polar surface area (TPSA) is 20.2 Å². The summed E-state index contributed by atoms with van der Waals surface area (Å²) in [7, 11) is 0. The molecule has 2 atom stereocenters. The molecule has 1 aliphatic rings. The second-order valence-electron chi connectivity index (χ2n) is 2.79. The molecule has 9 heavy (non-hydrogen) atoms. The van der Waals surface area contributed by atoms with Crippen molar-refractivity contribution in [3.63, 3.8) is 0 Å². The normalized spacial score (nSPS) is 35.3. The van der Waals surface area contributed by atoms with Gasteiger partial charge in [-0.15, -0.1) is 0 Å². The zero-order chi connectivity index (χ0) is 6.69. The Labute approximate surface area is 54.9 Å². The summed E-state index contributed by atoms with van der Waals surface area (Å²) in [5.41, 5.74) is 0. The van der Waals surface area contributed by atoms with Crippen LogP contribution in [0.3, 0.4) is 0 Å². The van der Waals surface area contributed by atoms with Crippen LogP contribution in [0.5, 0.6) is 0 Å². The molecule has 2 heteroatoms. The van der Waals surface area contributed by atoms with Gasteiger partial charge < -0.3 is 5.11 Å². The van der Waals surface area contributed by atoms with Crippen LogP contribution in [0.2, 0.25) is 0 Å². The highest BCUT2D eigenvalue weighted by molar-refractivity contribution is 4.74. The summed E-state index contributed by atoms with van der Waals surface area (Å²) in [6.07, 6.45) is 2.58. The molecule has 0 aromatic carbocycles. The Bertz CT molecular complexity index is 83.0. The van der Waals surface area contributed by atoms with E-state index in [0.717, 1.165) is 12.8 Å². The molecule has 0 bridgehead atoms. The smallest absolute Gasteiger partial charge is 0.100 e. The maximum Gasteiger partial charge on any atom is 0.100 e. The van der Waals surface area contributed by atoms with Crippen molar-refractivity contribution in [3.05, 3.63) is 0 Å². The van der Waals surface area contributed by atoms with Crippen molar-refractivity contribution in [2.24, 2.45) is 5.92 Å². The molecule has 0 heterocycles. The molecule has 0 aromatic rings. The second-order valence-corrected chi connectivity index (χ2v) is 2.79. The Morgan fingerprint density at radius 3 is 2.67 bits per heavy atom. The number of hydrogen-bond acceptors (Lipinski definition) is 1. The quantitative estimate of drug-likeness (QED) is 0.603. The van der Waals surface area contributed by atoms with Gasteiger partial charge in [-0.05, 0) is 31.6 Å². The van der Waals surface area contributed by atoms with Gasteiger partial charge in [0, 0.05) is 6.61 Å². The predicted octanol–water partition coefficient (Wildman–Crippen LogP) is 1.51. The van der Waals surface area contributed by atoms with Gasteiger partial charge in [-0.1, -0.05) is 0 Å². The van der Waals surface area contributed by atoms with Gasteiger partial charge in [-0.2, -0.15) is 0 Å². The Hall–Kier alpha value is -0.110. The van der Waals surface area contributed by atoms with Crippen LogP contribution in [0.25, 0.3) is 0 Å². The van der Waals surface area contributed by atoms with Crippen molar-refractivity contribution in [1.82, 2.24) is 0 Å². The van der Waals surface area contributed by atoms with Gasteiger partial charge in [-0.25, -0.2) is 4.39 Å². The monoisotopic (exact) mass is 132 g/mol. The standard InChI is InChI=1S/C7H13FO/c8-7-2-1-6(5-7)3-4-9/h6-7,9H,1-5H2/t6-,7-/m1/s1. The van der Waals surface area contributed by atoms with E-state index in [9.17, 15) is 4.39 Å². The number of aliphatic hydroxyl groups is 1. The van der Waals surface area contributed by atoms with E-state index in [2.05, 4.69) is 0 Å². The van der Waals surface area contributed by atoms with E-state index in [-0.39, 0.29) is 6.61 Å². The first-order valence-electron chi connectivity index (χ1n) is 3.58. The molecule has 1 aliphatic carbocycles. The van der Waals surface area contributed by atoms with Gasteiger partial charge >= 0.3 is 0 Å². The van der Waals surface area contributed by atoms with Crippen molar-refractivity contribution in [2.75, 3.05) is 6.61 Å². The van der Waals surface area contributed by atoms with Gasteiger partial charge in [0.05, 0.1) is 0 Å². The summed E-state index contributed by atoms with van der Waals surface area (Å²) >= 11 is 0. The molecular formula is C7H13FO. The lowest BCUT2D eigenvalue weighted by Gasteiger charge is -2.03. The fourth-order valence-corrected chi connectivity index (χ4v) is 1.46. The van der Waals surface area contributed by atoms with E-state index in [1.807, 2.05) is 0 Å². The van der Waals surface area contributed by atoms with Crippen LogP contribution in [0.1, 0.15) is 25.7 Å². The molecule has 0 amide bonds. The molecular weight excluding hydrogens is 119 g/mol. The lowest BCUT2D eigenvalue weighted by Crippen LogP contribution is -1.98. The van der Waals surface area contributed by atoms with Gasteiger partial charge in [0.15, 0.2) is 0 Å². The molecule has 0 saturated heterocycles. The van der Waals surface area contributed by atoms with Gasteiger partial charge in [0.1, 0.15) is 6.17 Å². The van der Waals surface area contributed by atoms with Crippen molar-refractivity contribution >= 4 is 0 Å². The van der Waals surface area contributed by atoms with Gasteiger partial charge in [0.25, 0.3) is 0 Å². The highest BCUT2D eigenvalue weighted by Crippen LogP contribution is 2.29. The van der Waals surface area contributed by atoms with Crippen molar-refractivity contribution < 1.29 is 9.50 Å². The highest BCUT2D eigenvalue weighted by Gasteiger charge is 2.22. The summed E-state index contributed by atoms with van der Waals surface area (Å²) in [6.45, 7) is 0.220. The van der Waals surface area contributed by atoms with E-state index >= 15 is 0 Å². The molecule has 0 aliphatic heterocycles. The fraction of sp³-hybridized carbons (Fsp3) is 1.00. The molecule has 1 rings (SSSR count). The lowest BCUT2D eigenvalue weighted by atomic mass is 10.1. The third-order valence-corrected chi connectivity index (χ3v) is 2.01. The Morgan fingerprint density at radius 1 is 1.44 bits per heavy atom. The number of hydrogen-bond donors (Lipinski definition) is 1. The van der Waals surface area contributed by atoms with E-state index in [1.54, 1.807) is 0 Å². The number of aliphatic hydroxyl groups excluding tert-OH is 1. The third kappa shape index (κ3) is 1.94. The van der Waals surface area contributed by atoms with Crippen LogP contribution >= 0.6 is 0 Å². The van der Waals surface area contributed by atoms with E-state index in [4.69, 9.17) is 5.11 Å². The molecule has 0 unspecified atom stereocenters. The second kappa shape index (κ2) is 3.16. The predicted molar refractivity (Wildman–Crippen MR) is 33.9 cm³/mol. The van der Waals surface area contributed by atoms with Gasteiger partial charge in [-0.3, -0.25) is 0 Å². The maximum atomic E-state index is 12.4. The summed E-state index contributed by atoms with van der Waals surface area (Å²) in [5.74, 6) is 0.463. The van der Waals surface area contributed by atoms with Crippen LogP contribution in [0.4, 0.5) is 4.39 Å².